The van der Waals surface area contributed by atoms with Gasteiger partial charge in [0, 0.05) is 76.1 Å². The summed E-state index contributed by atoms with van der Waals surface area (Å²) in [5.41, 5.74) is 5.48. The van der Waals surface area contributed by atoms with Gasteiger partial charge in [-0.05, 0) is 109 Å². The van der Waals surface area contributed by atoms with Crippen LogP contribution >= 0.6 is 23.1 Å². The molecule has 0 bridgehead atoms. The number of anilines is 1. The molecule has 1 fully saturated rings. The molecule has 0 radical (unpaired) electrons. The number of carboxylic acids is 1. The quantitative estimate of drug-likeness (QED) is 0.0197. The van der Waals surface area contributed by atoms with Crippen molar-refractivity contribution >= 4 is 87.9 Å². The van der Waals surface area contributed by atoms with Crippen LogP contribution in [0.2, 0.25) is 0 Å². The Morgan fingerprint density at radius 3 is 2.22 bits per heavy atom. The molecule has 482 valence electrons. The lowest BCUT2D eigenvalue weighted by Crippen LogP contribution is -2.50. The van der Waals surface area contributed by atoms with Gasteiger partial charge in [-0.3, -0.25) is 57.7 Å². The van der Waals surface area contributed by atoms with Crippen molar-refractivity contribution in [1.29, 1.82) is 0 Å². The maximum atomic E-state index is 14.4. The Bertz CT molecular complexity index is 2600. The lowest BCUT2D eigenvalue weighted by molar-refractivity contribution is -0.150. The molecule has 7 amide bonds. The number of hydrogen-bond donors (Lipinski definition) is 7. The van der Waals surface area contributed by atoms with Crippen LogP contribution in [0.1, 0.15) is 153 Å². The molecule has 1 aromatic heterocycles. The predicted molar refractivity (Wildman–Crippen MR) is 328 cm³/mol. The number of hydrogen-bond acceptors (Lipinski definition) is 19. The summed E-state index contributed by atoms with van der Waals surface area (Å²) < 4.78 is 17.0. The Kier molecular flexibility index (Phi) is 31.9. The van der Waals surface area contributed by atoms with Crippen LogP contribution in [0.4, 0.5) is 5.69 Å². The number of carbonyl (C=O) groups excluding carboxylic acids is 9. The van der Waals surface area contributed by atoms with Crippen molar-refractivity contribution in [3.05, 3.63) is 39.8 Å². The van der Waals surface area contributed by atoms with Crippen LogP contribution < -0.4 is 27.0 Å². The molecule has 0 saturated carbocycles. The van der Waals surface area contributed by atoms with Crippen molar-refractivity contribution in [2.75, 3.05) is 78.8 Å². The number of phenols is 1. The highest BCUT2D eigenvalue weighted by molar-refractivity contribution is 8.00. The fourth-order valence-electron chi connectivity index (χ4n) is 9.62. The average Bonchev–Trinajstić information content (AvgIpc) is 2.54. The molecule has 1 aliphatic rings. The van der Waals surface area contributed by atoms with Crippen molar-refractivity contribution in [3.63, 3.8) is 0 Å². The Balaban J connectivity index is 1.57. The van der Waals surface area contributed by atoms with Gasteiger partial charge in [-0.25, -0.2) is 4.98 Å². The number of likely N-dealkylation sites (tertiary alicyclic amines) is 1. The normalized spacial score (nSPS) is 16.0. The van der Waals surface area contributed by atoms with E-state index in [4.69, 9.17) is 19.9 Å². The van der Waals surface area contributed by atoms with E-state index < -0.39 is 76.5 Å². The molecular weight excluding hydrogens is 1150 g/mol. The number of nitrogens with two attached hydrogens (primary N) is 1. The van der Waals surface area contributed by atoms with Crippen molar-refractivity contribution < 1.29 is 72.4 Å². The van der Waals surface area contributed by atoms with E-state index in [1.165, 1.54) is 48.0 Å². The largest absolute Gasteiger partial charge is 0.506 e. The van der Waals surface area contributed by atoms with Crippen molar-refractivity contribution in [2.45, 2.75) is 167 Å². The second-order valence-electron chi connectivity index (χ2n) is 23.1. The number of nitrogens with zero attached hydrogens (tertiary/aromatic N) is 4. The number of thiazole rings is 1. The molecule has 2 heterocycles. The molecule has 1 aliphatic heterocycles. The second kappa shape index (κ2) is 36.9. The number of Topliss-reactive ketones (excluding diaryl/α,β-unsaturated/α-hetero) is 1. The fraction of sp³-hybridized carbons (Fsp3) is 0.683. The van der Waals surface area contributed by atoms with Gasteiger partial charge in [0.05, 0.1) is 55.2 Å². The molecule has 3 rings (SSSR count). The monoisotopic (exact) mass is 1250 g/mol. The summed E-state index contributed by atoms with van der Waals surface area (Å²) in [6.45, 7) is 15.4. The Hall–Kier alpha value is -6.06. The minimum absolute atomic E-state index is 0.00509. The SMILES string of the molecule is CC[C@H](C)[C@H](CC(=O)C(C)(C)N(C)C)C(=O)N(C)[C@H](C[C@@H](OC(C)=O)c1nc(C(=O)N[C@@H](Cc2ccc(O)c(NC(=O)CCOCCOCCNC(=O)[C@H](CCCCN)NC(=O)CCCN3C(=O)CC(SC)C3=O)c2)CC(C)C(=O)O)cs1)C(C)C. The topological polar surface area (TPSA) is 336 Å². The number of likely N-dealkylation sites (N-methyl/N-ethyl adjacent to an activating group) is 1. The van der Waals surface area contributed by atoms with E-state index in [0.29, 0.717) is 42.8 Å². The highest BCUT2D eigenvalue weighted by Crippen LogP contribution is 2.34. The number of thioether (sulfide) groups is 1. The summed E-state index contributed by atoms with van der Waals surface area (Å²) in [5.74, 6) is -6.24. The first-order valence-electron chi connectivity index (χ1n) is 29.6. The Morgan fingerprint density at radius 2 is 1.62 bits per heavy atom. The number of phenolic OH excluding ortho intramolecular Hbond substituents is 1. The summed E-state index contributed by atoms with van der Waals surface area (Å²) in [5, 5.41) is 33.1. The van der Waals surface area contributed by atoms with Crippen molar-refractivity contribution in [1.82, 2.24) is 35.6 Å². The van der Waals surface area contributed by atoms with Crippen LogP contribution in [-0.4, -0.2) is 191 Å². The number of ether oxygens (including phenoxy) is 3. The first-order valence-corrected chi connectivity index (χ1v) is 31.8. The molecule has 24 nitrogen and oxygen atoms in total. The van der Waals surface area contributed by atoms with Crippen LogP contribution in [-0.2, 0) is 63.8 Å². The number of imide groups is 1. The number of carbonyl (C=O) groups is 10. The smallest absolute Gasteiger partial charge is 0.306 e. The number of amides is 7. The molecule has 0 spiro atoms. The van der Waals surface area contributed by atoms with Crippen molar-refractivity contribution in [3.8, 4) is 5.75 Å². The summed E-state index contributed by atoms with van der Waals surface area (Å²) in [6.07, 6.45) is 3.79. The number of esters is 1. The number of carboxylic acid groups (broad SMARTS) is 1. The molecular formula is C60H95N9O15S2. The van der Waals surface area contributed by atoms with Gasteiger partial charge in [-0.1, -0.05) is 47.1 Å². The third-order valence-electron chi connectivity index (χ3n) is 15.7. The minimum Gasteiger partial charge on any atom is -0.506 e. The van der Waals surface area contributed by atoms with E-state index in [0.717, 1.165) is 11.3 Å². The molecule has 1 saturated heterocycles. The van der Waals surface area contributed by atoms with Crippen LogP contribution in [0.3, 0.4) is 0 Å². The van der Waals surface area contributed by atoms with Crippen molar-refractivity contribution in [2.24, 2.45) is 29.4 Å². The van der Waals surface area contributed by atoms with Gasteiger partial charge in [0.1, 0.15) is 22.5 Å². The van der Waals surface area contributed by atoms with Gasteiger partial charge in [0.25, 0.3) is 5.91 Å². The third-order valence-corrected chi connectivity index (χ3v) is 17.6. The predicted octanol–water partition coefficient (Wildman–Crippen LogP) is 5.10. The molecule has 26 heteroatoms. The summed E-state index contributed by atoms with van der Waals surface area (Å²) in [6, 6.07) is 2.44. The van der Waals surface area contributed by atoms with Gasteiger partial charge in [0.15, 0.2) is 11.9 Å². The second-order valence-corrected chi connectivity index (χ2v) is 25.0. The van der Waals surface area contributed by atoms with Gasteiger partial charge in [-0.2, -0.15) is 11.8 Å². The van der Waals surface area contributed by atoms with Crippen LogP contribution in [0.5, 0.6) is 5.75 Å². The van der Waals surface area contributed by atoms with Gasteiger partial charge < -0.3 is 56.3 Å². The number of aromatic hydroxyl groups is 1. The first kappa shape index (κ1) is 74.2. The van der Waals surface area contributed by atoms with Crippen LogP contribution in [0, 0.1) is 23.7 Å². The minimum atomic E-state index is -1.08. The van der Waals surface area contributed by atoms with Gasteiger partial charge in [0.2, 0.25) is 35.4 Å². The first-order chi connectivity index (χ1) is 40.6. The number of aromatic nitrogens is 1. The lowest BCUT2D eigenvalue weighted by atomic mass is 9.81. The number of rotatable bonds is 41. The van der Waals surface area contributed by atoms with E-state index in [9.17, 15) is 58.2 Å². The van der Waals surface area contributed by atoms with E-state index in [1.54, 1.807) is 24.3 Å². The summed E-state index contributed by atoms with van der Waals surface area (Å²) >= 11 is 2.41. The maximum absolute atomic E-state index is 14.4. The van der Waals surface area contributed by atoms with E-state index >= 15 is 0 Å². The van der Waals surface area contributed by atoms with E-state index in [2.05, 4.69) is 26.3 Å². The van der Waals surface area contributed by atoms with Crippen LogP contribution in [0.15, 0.2) is 23.6 Å². The number of aliphatic carboxylic acids is 1. The zero-order chi connectivity index (χ0) is 64.4. The third kappa shape index (κ3) is 23.9. The van der Waals surface area contributed by atoms with E-state index in [-0.39, 0.29) is 149 Å². The number of nitrogens with one attached hydrogen (secondary N) is 4. The summed E-state index contributed by atoms with van der Waals surface area (Å²) in [7, 11) is 5.35. The zero-order valence-electron chi connectivity index (χ0n) is 52.3. The Morgan fingerprint density at radius 1 is 0.930 bits per heavy atom. The van der Waals surface area contributed by atoms with Gasteiger partial charge >= 0.3 is 11.9 Å². The molecule has 86 heavy (non-hydrogen) atoms. The molecule has 8 atom stereocenters. The highest BCUT2D eigenvalue weighted by atomic mass is 32.2. The fourth-order valence-corrected chi connectivity index (χ4v) is 11.1. The molecule has 2 unspecified atom stereocenters. The molecule has 8 N–H and O–H groups in total. The lowest BCUT2D eigenvalue weighted by Gasteiger charge is -2.38. The standard InChI is InChI=1S/C60H95N9O15S2/c1-13-37(4)42(32-50(72)60(7,8)67(9)10)57(78)68(11)46(36(2)3)33-48(84-39(6)70)56-66-45(35-86-56)55(77)63-41(29-38(5)59(80)81)30-40-19-20-47(71)44(31-40)65-52(74)21-25-82-27-28-83-26-23-62-54(76)43(17-14-15-22-61)64-51(73)18-16-24-69-53(75)34-49(85-12)58(69)79/h19-20,31,35-38,41-43,46,48-49,71H,13-18,21-30,32-34,61H2,1-12H3,(H,62,76)(H,63,77)(H,64,73)(H,65,74)(H,80,81)/t37-,38?,41+,42-,43-,46+,48+,49?/m0/s1. The highest BCUT2D eigenvalue weighted by Gasteiger charge is 2.40. The number of benzene rings is 1. The Labute approximate surface area is 514 Å². The summed E-state index contributed by atoms with van der Waals surface area (Å²) in [4.78, 5) is 139. The van der Waals surface area contributed by atoms with Gasteiger partial charge in [-0.15, -0.1) is 11.3 Å². The number of unbranched alkanes of at least 4 members (excludes halogenated alkanes) is 1. The maximum Gasteiger partial charge on any atom is 0.306 e. The molecule has 1 aromatic carbocycles. The van der Waals surface area contributed by atoms with Crippen LogP contribution in [0.25, 0.3) is 0 Å². The zero-order valence-corrected chi connectivity index (χ0v) is 54.0. The average molecular weight is 1250 g/mol. The van der Waals surface area contributed by atoms with E-state index in [1.807, 2.05) is 60.5 Å². The number of ketones is 1. The molecule has 2 aromatic rings. The molecule has 0 aliphatic carbocycles.